The van der Waals surface area contributed by atoms with Crippen LogP contribution >= 0.6 is 0 Å². The summed E-state index contributed by atoms with van der Waals surface area (Å²) in [6.45, 7) is 7.72. The SMILES string of the molecule is Cc1[nH]n(C(C)C)c(=O)c1C. The normalized spacial score (nSPS) is 11.0. The molecule has 0 saturated heterocycles. The fourth-order valence-corrected chi connectivity index (χ4v) is 1.02. The Hall–Kier alpha value is -0.990. The molecule has 3 nitrogen and oxygen atoms in total. The molecule has 0 aliphatic heterocycles. The fraction of sp³-hybridized carbons (Fsp3) is 0.625. The number of nitrogens with one attached hydrogen (secondary N) is 1. The highest BCUT2D eigenvalue weighted by molar-refractivity contribution is 5.13. The number of aromatic nitrogens is 2. The van der Waals surface area contributed by atoms with Gasteiger partial charge < -0.3 is 0 Å². The maximum Gasteiger partial charge on any atom is 0.269 e. The average molecular weight is 154 g/mol. The van der Waals surface area contributed by atoms with Gasteiger partial charge in [-0.1, -0.05) is 0 Å². The van der Waals surface area contributed by atoms with E-state index in [1.807, 2.05) is 27.7 Å². The molecule has 0 amide bonds. The average Bonchev–Trinajstić information content (AvgIpc) is 2.17. The molecule has 0 radical (unpaired) electrons. The molecule has 0 atom stereocenters. The van der Waals surface area contributed by atoms with Crippen LogP contribution in [-0.2, 0) is 0 Å². The number of H-pyrrole nitrogens is 1. The van der Waals surface area contributed by atoms with Gasteiger partial charge in [0.1, 0.15) is 0 Å². The summed E-state index contributed by atoms with van der Waals surface area (Å²) in [6.07, 6.45) is 0. The number of hydrogen-bond donors (Lipinski definition) is 1. The van der Waals surface area contributed by atoms with Crippen LogP contribution in [-0.4, -0.2) is 9.78 Å². The van der Waals surface area contributed by atoms with Gasteiger partial charge in [0.25, 0.3) is 5.56 Å². The molecule has 62 valence electrons. The van der Waals surface area contributed by atoms with Gasteiger partial charge in [0.05, 0.1) is 0 Å². The van der Waals surface area contributed by atoms with E-state index in [9.17, 15) is 4.79 Å². The van der Waals surface area contributed by atoms with Crippen LogP contribution in [0.15, 0.2) is 4.79 Å². The Balaban J connectivity index is 3.30. The maximum atomic E-state index is 11.4. The lowest BCUT2D eigenvalue weighted by Crippen LogP contribution is -2.19. The van der Waals surface area contributed by atoms with Crippen molar-refractivity contribution in [1.29, 1.82) is 0 Å². The van der Waals surface area contributed by atoms with Crippen molar-refractivity contribution >= 4 is 0 Å². The molecule has 11 heavy (non-hydrogen) atoms. The van der Waals surface area contributed by atoms with Crippen molar-refractivity contribution in [3.8, 4) is 0 Å². The molecular formula is C8H14N2O. The molecule has 0 bridgehead atoms. The first-order valence-electron chi connectivity index (χ1n) is 3.81. The molecule has 0 saturated carbocycles. The second-order valence-electron chi connectivity index (χ2n) is 3.13. The van der Waals surface area contributed by atoms with Gasteiger partial charge in [0.2, 0.25) is 0 Å². The van der Waals surface area contributed by atoms with Crippen LogP contribution in [0.25, 0.3) is 0 Å². The zero-order chi connectivity index (χ0) is 8.59. The summed E-state index contributed by atoms with van der Waals surface area (Å²) in [5.74, 6) is 0. The maximum absolute atomic E-state index is 11.4. The van der Waals surface area contributed by atoms with Crippen LogP contribution in [0.5, 0.6) is 0 Å². The molecule has 1 rings (SSSR count). The third-order valence-electron chi connectivity index (χ3n) is 1.91. The monoisotopic (exact) mass is 154 g/mol. The quantitative estimate of drug-likeness (QED) is 0.651. The highest BCUT2D eigenvalue weighted by Gasteiger charge is 2.07. The third kappa shape index (κ3) is 1.23. The van der Waals surface area contributed by atoms with Gasteiger partial charge in [0, 0.05) is 17.3 Å². The minimum Gasteiger partial charge on any atom is -0.299 e. The summed E-state index contributed by atoms with van der Waals surface area (Å²) in [7, 11) is 0. The first-order valence-corrected chi connectivity index (χ1v) is 3.81. The Labute approximate surface area is 66.0 Å². The van der Waals surface area contributed by atoms with Gasteiger partial charge in [-0.05, 0) is 27.7 Å². The van der Waals surface area contributed by atoms with Crippen molar-refractivity contribution < 1.29 is 0 Å². The summed E-state index contributed by atoms with van der Waals surface area (Å²) in [5, 5.41) is 3.02. The zero-order valence-corrected chi connectivity index (χ0v) is 7.43. The zero-order valence-electron chi connectivity index (χ0n) is 7.43. The Morgan fingerprint density at radius 3 is 2.09 bits per heavy atom. The largest absolute Gasteiger partial charge is 0.299 e. The first kappa shape index (κ1) is 8.11. The fourth-order valence-electron chi connectivity index (χ4n) is 1.02. The lowest BCUT2D eigenvalue weighted by molar-refractivity contribution is 0.513. The van der Waals surface area contributed by atoms with E-state index in [-0.39, 0.29) is 11.6 Å². The van der Waals surface area contributed by atoms with Gasteiger partial charge in [0.15, 0.2) is 0 Å². The molecule has 0 aliphatic carbocycles. The summed E-state index contributed by atoms with van der Waals surface area (Å²) >= 11 is 0. The van der Waals surface area contributed by atoms with E-state index in [2.05, 4.69) is 5.10 Å². The van der Waals surface area contributed by atoms with Crippen molar-refractivity contribution in [2.75, 3.05) is 0 Å². The van der Waals surface area contributed by atoms with Crippen LogP contribution in [0.3, 0.4) is 0 Å². The second kappa shape index (κ2) is 2.57. The lowest BCUT2D eigenvalue weighted by atomic mass is 10.3. The highest BCUT2D eigenvalue weighted by atomic mass is 16.1. The lowest BCUT2D eigenvalue weighted by Gasteiger charge is -2.03. The van der Waals surface area contributed by atoms with Gasteiger partial charge in [-0.15, -0.1) is 0 Å². The molecular weight excluding hydrogens is 140 g/mol. The van der Waals surface area contributed by atoms with E-state index in [0.29, 0.717) is 0 Å². The van der Waals surface area contributed by atoms with E-state index in [0.717, 1.165) is 11.3 Å². The minimum absolute atomic E-state index is 0.0949. The van der Waals surface area contributed by atoms with Crippen LogP contribution in [0.2, 0.25) is 0 Å². The molecule has 1 aromatic rings. The molecule has 0 spiro atoms. The van der Waals surface area contributed by atoms with E-state index >= 15 is 0 Å². The molecule has 0 aliphatic rings. The Bertz CT molecular complexity index is 306. The summed E-state index contributed by atoms with van der Waals surface area (Å²) < 4.78 is 1.64. The second-order valence-corrected chi connectivity index (χ2v) is 3.13. The smallest absolute Gasteiger partial charge is 0.269 e. The topological polar surface area (TPSA) is 37.8 Å². The number of aromatic amines is 1. The summed E-state index contributed by atoms with van der Waals surface area (Å²) in [6, 6.07) is 0.217. The van der Waals surface area contributed by atoms with E-state index in [4.69, 9.17) is 0 Å². The summed E-state index contributed by atoms with van der Waals surface area (Å²) in [5.41, 5.74) is 1.87. The number of hydrogen-bond acceptors (Lipinski definition) is 1. The Kier molecular flexibility index (Phi) is 1.89. The van der Waals surface area contributed by atoms with Crippen molar-refractivity contribution in [2.24, 2.45) is 0 Å². The number of rotatable bonds is 1. The molecule has 1 N–H and O–H groups in total. The standard InChI is InChI=1S/C8H14N2O/c1-5(2)10-8(11)6(3)7(4)9-10/h5,9H,1-4H3. The van der Waals surface area contributed by atoms with Crippen molar-refractivity contribution in [1.82, 2.24) is 9.78 Å². The molecule has 3 heteroatoms. The molecule has 0 aromatic carbocycles. The first-order chi connectivity index (χ1) is 5.04. The molecule has 0 unspecified atom stereocenters. The van der Waals surface area contributed by atoms with Crippen molar-refractivity contribution in [3.05, 3.63) is 21.6 Å². The molecule has 1 aromatic heterocycles. The van der Waals surface area contributed by atoms with Gasteiger partial charge >= 0.3 is 0 Å². The predicted molar refractivity (Wildman–Crippen MR) is 44.9 cm³/mol. The minimum atomic E-state index is 0.0949. The van der Waals surface area contributed by atoms with Crippen molar-refractivity contribution in [2.45, 2.75) is 33.7 Å². The highest BCUT2D eigenvalue weighted by Crippen LogP contribution is 2.02. The van der Waals surface area contributed by atoms with Gasteiger partial charge in [-0.2, -0.15) is 0 Å². The van der Waals surface area contributed by atoms with E-state index < -0.39 is 0 Å². The Morgan fingerprint density at radius 2 is 1.91 bits per heavy atom. The predicted octanol–water partition coefficient (Wildman–Crippen LogP) is 1.37. The van der Waals surface area contributed by atoms with Crippen LogP contribution in [0.1, 0.15) is 31.1 Å². The Morgan fingerprint density at radius 1 is 1.36 bits per heavy atom. The number of aryl methyl sites for hydroxylation is 1. The van der Waals surface area contributed by atoms with Crippen LogP contribution in [0.4, 0.5) is 0 Å². The van der Waals surface area contributed by atoms with Crippen LogP contribution in [0, 0.1) is 13.8 Å². The summed E-state index contributed by atoms with van der Waals surface area (Å²) in [4.78, 5) is 11.4. The number of nitrogens with zero attached hydrogens (tertiary/aromatic N) is 1. The third-order valence-corrected chi connectivity index (χ3v) is 1.91. The van der Waals surface area contributed by atoms with E-state index in [1.54, 1.807) is 4.68 Å². The van der Waals surface area contributed by atoms with Crippen LogP contribution < -0.4 is 5.56 Å². The van der Waals surface area contributed by atoms with Gasteiger partial charge in [-0.25, -0.2) is 0 Å². The molecule has 1 heterocycles. The van der Waals surface area contributed by atoms with E-state index in [1.165, 1.54) is 0 Å². The molecule has 0 fully saturated rings. The van der Waals surface area contributed by atoms with Gasteiger partial charge in [-0.3, -0.25) is 14.6 Å². The van der Waals surface area contributed by atoms with Crippen molar-refractivity contribution in [3.63, 3.8) is 0 Å².